The fourth-order valence-electron chi connectivity index (χ4n) is 3.57. The molecular formula is C20H25FNO+. The number of hydrogen-bond acceptors (Lipinski definition) is 1. The molecule has 3 rings (SSSR count). The lowest BCUT2D eigenvalue weighted by Crippen LogP contribution is -3.13. The zero-order valence-electron chi connectivity index (χ0n) is 13.4. The van der Waals surface area contributed by atoms with Crippen LogP contribution in [0.25, 0.3) is 0 Å². The van der Waals surface area contributed by atoms with Crippen LogP contribution >= 0.6 is 0 Å². The van der Waals surface area contributed by atoms with Crippen molar-refractivity contribution in [2.24, 2.45) is 0 Å². The molecule has 1 saturated heterocycles. The largest absolute Gasteiger partial charge is 0.388 e. The van der Waals surface area contributed by atoms with E-state index in [1.54, 1.807) is 17.0 Å². The van der Waals surface area contributed by atoms with Crippen LogP contribution in [0.4, 0.5) is 4.39 Å². The molecule has 3 heteroatoms. The van der Waals surface area contributed by atoms with Crippen LogP contribution in [0.3, 0.4) is 0 Å². The minimum atomic E-state index is -0.604. The van der Waals surface area contributed by atoms with Gasteiger partial charge in [-0.3, -0.25) is 0 Å². The summed E-state index contributed by atoms with van der Waals surface area (Å²) in [4.78, 5) is 1.56. The number of piperidine rings is 1. The van der Waals surface area contributed by atoms with E-state index in [1.807, 2.05) is 18.2 Å². The van der Waals surface area contributed by atoms with Crippen molar-refractivity contribution in [3.8, 4) is 0 Å². The molecule has 23 heavy (non-hydrogen) atoms. The molecule has 0 amide bonds. The summed E-state index contributed by atoms with van der Waals surface area (Å²) in [5.41, 5.74) is 1.94. The van der Waals surface area contributed by atoms with Crippen molar-refractivity contribution in [1.82, 2.24) is 0 Å². The van der Waals surface area contributed by atoms with Crippen molar-refractivity contribution in [2.75, 3.05) is 19.6 Å². The van der Waals surface area contributed by atoms with E-state index >= 15 is 0 Å². The maximum atomic E-state index is 13.2. The summed E-state index contributed by atoms with van der Waals surface area (Å²) in [6.07, 6.45) is 3.25. The van der Waals surface area contributed by atoms with E-state index in [-0.39, 0.29) is 11.7 Å². The molecule has 0 spiro atoms. The van der Waals surface area contributed by atoms with Gasteiger partial charge >= 0.3 is 0 Å². The molecule has 2 aromatic carbocycles. The molecule has 2 atom stereocenters. The minimum absolute atomic E-state index is 0.0368. The fraction of sp³-hybridized carbons (Fsp3) is 0.400. The maximum absolute atomic E-state index is 13.2. The van der Waals surface area contributed by atoms with E-state index in [1.165, 1.54) is 44.5 Å². The molecule has 2 N–H and O–H groups in total. The molecule has 0 aromatic heterocycles. The Morgan fingerprint density at radius 3 is 2.17 bits per heavy atom. The predicted octanol–water partition coefficient (Wildman–Crippen LogP) is 2.71. The number of halogens is 1. The molecule has 0 bridgehead atoms. The Bertz CT molecular complexity index is 593. The van der Waals surface area contributed by atoms with Gasteiger partial charge in [0.2, 0.25) is 0 Å². The van der Waals surface area contributed by atoms with Gasteiger partial charge in [-0.1, -0.05) is 42.5 Å². The lowest BCUT2D eigenvalue weighted by Gasteiger charge is -2.30. The van der Waals surface area contributed by atoms with Crippen LogP contribution in [-0.2, 0) is 0 Å². The average Bonchev–Trinajstić information content (AvgIpc) is 2.61. The topological polar surface area (TPSA) is 24.7 Å². The second-order valence-corrected chi connectivity index (χ2v) is 6.53. The number of hydrogen-bond donors (Lipinski definition) is 2. The van der Waals surface area contributed by atoms with Crippen LogP contribution in [0.1, 0.15) is 42.4 Å². The predicted molar refractivity (Wildman–Crippen MR) is 90.0 cm³/mol. The smallest absolute Gasteiger partial charge is 0.123 e. The van der Waals surface area contributed by atoms with Gasteiger partial charge in [0.25, 0.3) is 0 Å². The Hall–Kier alpha value is -1.71. The van der Waals surface area contributed by atoms with Gasteiger partial charge in [-0.2, -0.15) is 0 Å². The third kappa shape index (κ3) is 4.18. The van der Waals surface area contributed by atoms with Crippen molar-refractivity contribution in [3.05, 3.63) is 71.5 Å². The molecule has 1 fully saturated rings. The number of benzene rings is 2. The number of likely N-dealkylation sites (tertiary alicyclic amines) is 1. The molecule has 1 heterocycles. The zero-order chi connectivity index (χ0) is 16.1. The molecule has 1 aliphatic heterocycles. The van der Waals surface area contributed by atoms with Crippen molar-refractivity contribution in [3.63, 3.8) is 0 Å². The van der Waals surface area contributed by atoms with Gasteiger partial charge in [0.15, 0.2) is 0 Å². The normalized spacial score (nSPS) is 18.5. The Morgan fingerprint density at radius 2 is 1.52 bits per heavy atom. The van der Waals surface area contributed by atoms with Crippen LogP contribution in [0, 0.1) is 5.82 Å². The van der Waals surface area contributed by atoms with Gasteiger partial charge in [-0.25, -0.2) is 4.39 Å². The Labute approximate surface area is 137 Å². The van der Waals surface area contributed by atoms with E-state index in [2.05, 4.69) is 12.1 Å². The second kappa shape index (κ2) is 7.71. The summed E-state index contributed by atoms with van der Waals surface area (Å²) in [5, 5.41) is 10.9. The van der Waals surface area contributed by atoms with Crippen molar-refractivity contribution in [1.29, 1.82) is 0 Å². The van der Waals surface area contributed by atoms with E-state index < -0.39 is 6.10 Å². The third-order valence-electron chi connectivity index (χ3n) is 4.89. The first-order valence-corrected chi connectivity index (χ1v) is 8.56. The molecule has 0 unspecified atom stereocenters. The number of nitrogens with one attached hydrogen (secondary N) is 1. The standard InChI is InChI=1S/C20H24FNO/c21-18-11-9-17(10-12-18)20(23)19(16-7-3-1-4-8-16)15-22-13-5-2-6-14-22/h1,3-4,7-12,19-20,23H,2,5-6,13-15H2/p+1/t19-,20-/m0/s1. The fourth-order valence-corrected chi connectivity index (χ4v) is 3.57. The molecule has 2 nitrogen and oxygen atoms in total. The van der Waals surface area contributed by atoms with Crippen LogP contribution in [-0.4, -0.2) is 24.7 Å². The highest BCUT2D eigenvalue weighted by atomic mass is 19.1. The first kappa shape index (κ1) is 16.2. The van der Waals surface area contributed by atoms with Crippen molar-refractivity contribution >= 4 is 0 Å². The Kier molecular flexibility index (Phi) is 5.42. The van der Waals surface area contributed by atoms with E-state index in [4.69, 9.17) is 0 Å². The van der Waals surface area contributed by atoms with Crippen LogP contribution in [0.15, 0.2) is 54.6 Å². The molecule has 2 aromatic rings. The van der Waals surface area contributed by atoms with Crippen LogP contribution < -0.4 is 4.90 Å². The SMILES string of the molecule is O[C@@H](c1ccc(F)cc1)[C@@H](C[NH+]1CCCCC1)c1ccccc1. The highest BCUT2D eigenvalue weighted by Crippen LogP contribution is 2.30. The highest BCUT2D eigenvalue weighted by Gasteiger charge is 2.28. The van der Waals surface area contributed by atoms with Gasteiger partial charge in [-0.15, -0.1) is 0 Å². The Balaban J connectivity index is 1.83. The summed E-state index contributed by atoms with van der Waals surface area (Å²) >= 11 is 0. The molecule has 0 aliphatic carbocycles. The molecule has 0 radical (unpaired) electrons. The third-order valence-corrected chi connectivity index (χ3v) is 4.89. The molecular weight excluding hydrogens is 289 g/mol. The highest BCUT2D eigenvalue weighted by molar-refractivity contribution is 5.27. The summed E-state index contributed by atoms with van der Waals surface area (Å²) in [5.74, 6) is -0.228. The quantitative estimate of drug-likeness (QED) is 0.871. The van der Waals surface area contributed by atoms with E-state index in [9.17, 15) is 9.50 Å². The first-order chi connectivity index (χ1) is 11.2. The van der Waals surface area contributed by atoms with Crippen molar-refractivity contribution in [2.45, 2.75) is 31.3 Å². The monoisotopic (exact) mass is 314 g/mol. The van der Waals surface area contributed by atoms with Gasteiger partial charge in [-0.05, 0) is 42.5 Å². The number of rotatable bonds is 5. The Morgan fingerprint density at radius 1 is 0.870 bits per heavy atom. The molecule has 122 valence electrons. The maximum Gasteiger partial charge on any atom is 0.123 e. The van der Waals surface area contributed by atoms with E-state index in [0.29, 0.717) is 0 Å². The van der Waals surface area contributed by atoms with Gasteiger partial charge < -0.3 is 10.0 Å². The summed E-state index contributed by atoms with van der Waals surface area (Å²) in [7, 11) is 0. The number of aliphatic hydroxyl groups excluding tert-OH is 1. The minimum Gasteiger partial charge on any atom is -0.388 e. The zero-order valence-corrected chi connectivity index (χ0v) is 13.4. The summed E-state index contributed by atoms with van der Waals surface area (Å²) < 4.78 is 13.2. The average molecular weight is 314 g/mol. The first-order valence-electron chi connectivity index (χ1n) is 8.56. The van der Waals surface area contributed by atoms with Crippen molar-refractivity contribution < 1.29 is 14.4 Å². The number of quaternary nitrogens is 1. The second-order valence-electron chi connectivity index (χ2n) is 6.53. The van der Waals surface area contributed by atoms with Gasteiger partial charge in [0.05, 0.1) is 31.7 Å². The molecule has 0 saturated carbocycles. The number of aliphatic hydroxyl groups is 1. The van der Waals surface area contributed by atoms with Crippen LogP contribution in [0.2, 0.25) is 0 Å². The lowest BCUT2D eigenvalue weighted by molar-refractivity contribution is -0.906. The van der Waals surface area contributed by atoms with Crippen LogP contribution in [0.5, 0.6) is 0 Å². The summed E-state index contributed by atoms with van der Waals surface area (Å²) in [6.45, 7) is 3.28. The lowest BCUT2D eigenvalue weighted by atomic mass is 9.88. The molecule has 1 aliphatic rings. The van der Waals surface area contributed by atoms with E-state index in [0.717, 1.165) is 17.7 Å². The summed E-state index contributed by atoms with van der Waals surface area (Å²) in [6, 6.07) is 16.4. The van der Waals surface area contributed by atoms with Gasteiger partial charge in [0, 0.05) is 0 Å². The van der Waals surface area contributed by atoms with Gasteiger partial charge in [0.1, 0.15) is 5.82 Å².